The first-order valence-electron chi connectivity index (χ1n) is 13.7. The van der Waals surface area contributed by atoms with Gasteiger partial charge in [-0.25, -0.2) is 19.0 Å². The Morgan fingerprint density at radius 2 is 1.86 bits per heavy atom. The maximum Gasteiger partial charge on any atom is 0.339 e. The molecule has 0 spiro atoms. The Labute approximate surface area is 247 Å². The van der Waals surface area contributed by atoms with Gasteiger partial charge >= 0.3 is 6.03 Å². The van der Waals surface area contributed by atoms with E-state index in [0.717, 1.165) is 39.3 Å². The van der Waals surface area contributed by atoms with E-state index in [1.165, 1.54) is 36.5 Å². The number of methoxy groups -OCH3 is 1. The van der Waals surface area contributed by atoms with Gasteiger partial charge in [0.1, 0.15) is 11.6 Å². The van der Waals surface area contributed by atoms with Crippen molar-refractivity contribution in [3.63, 3.8) is 0 Å². The van der Waals surface area contributed by atoms with Gasteiger partial charge in [0.25, 0.3) is 0 Å². The molecule has 2 heterocycles. The van der Waals surface area contributed by atoms with Gasteiger partial charge < -0.3 is 24.3 Å². The van der Waals surface area contributed by atoms with Crippen LogP contribution < -0.4 is 25.0 Å². The van der Waals surface area contributed by atoms with E-state index in [-0.39, 0.29) is 11.4 Å². The molecule has 0 aliphatic carbocycles. The number of aromatic nitrogens is 1. The Bertz CT molecular complexity index is 1600. The molecule has 1 fully saturated rings. The smallest absolute Gasteiger partial charge is 0.339 e. The minimum Gasteiger partial charge on any atom is -0.493 e. The van der Waals surface area contributed by atoms with Crippen LogP contribution >= 0.6 is 0 Å². The molecular weight excluding hydrogens is 560 g/mol. The van der Waals surface area contributed by atoms with E-state index in [1.54, 1.807) is 43.6 Å². The monoisotopic (exact) mass is 591 g/mol. The molecule has 1 aliphatic rings. The summed E-state index contributed by atoms with van der Waals surface area (Å²) in [6, 6.07) is 14.4. The fraction of sp³-hybridized carbons (Fsp3) is 0.258. The molecule has 0 bridgehead atoms. The SMILES string of the molecule is COc1cc2c(Oc3ccc(/C=N/NC(=O)Nc4ccccc4F)cc3F)ccnc2cc1OCCCN1CCOCC1. The number of urea groups is 1. The third-order valence-electron chi connectivity index (χ3n) is 6.64. The Hall–Kier alpha value is -4.81. The minimum absolute atomic E-state index is 0.00670. The normalized spacial score (nSPS) is 13.7. The fourth-order valence-corrected chi connectivity index (χ4v) is 4.46. The van der Waals surface area contributed by atoms with E-state index < -0.39 is 17.7 Å². The molecule has 0 radical (unpaired) electrons. The maximum atomic E-state index is 15.0. The molecule has 224 valence electrons. The number of fused-ring (bicyclic) bond motifs is 1. The molecule has 1 aliphatic heterocycles. The molecule has 1 aromatic heterocycles. The number of nitrogens with one attached hydrogen (secondary N) is 2. The van der Waals surface area contributed by atoms with Gasteiger partial charge in [0.2, 0.25) is 0 Å². The summed E-state index contributed by atoms with van der Waals surface area (Å²) in [7, 11) is 1.55. The zero-order valence-electron chi connectivity index (χ0n) is 23.5. The van der Waals surface area contributed by atoms with Gasteiger partial charge in [-0.1, -0.05) is 12.1 Å². The Morgan fingerprint density at radius 1 is 1.02 bits per heavy atom. The molecule has 0 saturated carbocycles. The fourth-order valence-electron chi connectivity index (χ4n) is 4.46. The maximum absolute atomic E-state index is 15.0. The molecule has 10 nitrogen and oxygen atoms in total. The van der Waals surface area contributed by atoms with E-state index >= 15 is 0 Å². The lowest BCUT2D eigenvalue weighted by Gasteiger charge is -2.26. The third kappa shape index (κ3) is 7.93. The Kier molecular flexibility index (Phi) is 9.93. The summed E-state index contributed by atoms with van der Waals surface area (Å²) < 4.78 is 51.5. The second-order valence-corrected chi connectivity index (χ2v) is 9.58. The highest BCUT2D eigenvalue weighted by Crippen LogP contribution is 2.37. The second kappa shape index (κ2) is 14.4. The van der Waals surface area contributed by atoms with Gasteiger partial charge in [0.05, 0.1) is 44.3 Å². The summed E-state index contributed by atoms with van der Waals surface area (Å²) in [5.74, 6) is 0.217. The van der Waals surface area contributed by atoms with Gasteiger partial charge in [-0.05, 0) is 54.4 Å². The molecule has 12 heteroatoms. The summed E-state index contributed by atoms with van der Waals surface area (Å²) in [6.07, 6.45) is 3.68. The number of hydrogen-bond acceptors (Lipinski definition) is 8. The number of halogens is 2. The molecule has 2 N–H and O–H groups in total. The first-order chi connectivity index (χ1) is 21.0. The largest absolute Gasteiger partial charge is 0.493 e. The first kappa shape index (κ1) is 29.7. The van der Waals surface area contributed by atoms with Gasteiger partial charge in [-0.15, -0.1) is 0 Å². The standard InChI is InChI=1S/C31H31F2N5O5/c1-40-29-18-22-26(19-30(29)42-14-4-11-38-12-15-41-16-13-38)34-10-9-27(22)43-28-8-7-21(17-24(28)33)20-35-37-31(39)36-25-6-3-2-5-23(25)32/h2-3,5-10,17-20H,4,11-16H2,1H3,(H2,36,37,39)/b35-20+. The van der Waals surface area contributed by atoms with Crippen molar-refractivity contribution in [2.45, 2.75) is 6.42 Å². The van der Waals surface area contributed by atoms with Crippen molar-refractivity contribution >= 4 is 28.8 Å². The average Bonchev–Trinajstić information content (AvgIpc) is 3.02. The lowest BCUT2D eigenvalue weighted by molar-refractivity contribution is 0.0357. The van der Waals surface area contributed by atoms with Crippen LogP contribution in [0.25, 0.3) is 10.9 Å². The molecule has 43 heavy (non-hydrogen) atoms. The zero-order chi connectivity index (χ0) is 30.0. The number of rotatable bonds is 11. The van der Waals surface area contributed by atoms with Gasteiger partial charge in [0, 0.05) is 37.3 Å². The number of pyridine rings is 1. The van der Waals surface area contributed by atoms with Crippen LogP contribution in [0.15, 0.2) is 72.0 Å². The van der Waals surface area contributed by atoms with E-state index in [0.29, 0.717) is 40.3 Å². The van der Waals surface area contributed by atoms with Gasteiger partial charge in [-0.2, -0.15) is 5.10 Å². The lowest BCUT2D eigenvalue weighted by Crippen LogP contribution is -2.37. The van der Waals surface area contributed by atoms with Crippen LogP contribution in [0.5, 0.6) is 23.0 Å². The zero-order valence-corrected chi connectivity index (χ0v) is 23.5. The van der Waals surface area contributed by atoms with Crippen LogP contribution in [-0.2, 0) is 4.74 Å². The van der Waals surface area contributed by atoms with Crippen LogP contribution in [0.1, 0.15) is 12.0 Å². The third-order valence-corrected chi connectivity index (χ3v) is 6.64. The highest BCUT2D eigenvalue weighted by atomic mass is 19.1. The molecule has 0 atom stereocenters. The number of benzene rings is 3. The van der Waals surface area contributed by atoms with Gasteiger partial charge in [0.15, 0.2) is 23.1 Å². The Balaban J connectivity index is 1.21. The summed E-state index contributed by atoms with van der Waals surface area (Å²) in [5, 5.41) is 6.74. The number of para-hydroxylation sites is 1. The number of nitrogens with zero attached hydrogens (tertiary/aromatic N) is 3. The van der Waals surface area contributed by atoms with E-state index in [9.17, 15) is 13.6 Å². The Morgan fingerprint density at radius 3 is 2.65 bits per heavy atom. The van der Waals surface area contributed by atoms with Crippen LogP contribution in [0.2, 0.25) is 0 Å². The number of amides is 2. The van der Waals surface area contributed by atoms with Crippen LogP contribution in [0.3, 0.4) is 0 Å². The predicted molar refractivity (Wildman–Crippen MR) is 158 cm³/mol. The molecule has 1 saturated heterocycles. The summed E-state index contributed by atoms with van der Waals surface area (Å²) in [5.41, 5.74) is 3.19. The van der Waals surface area contributed by atoms with E-state index in [4.69, 9.17) is 18.9 Å². The van der Waals surface area contributed by atoms with Crippen LogP contribution in [0.4, 0.5) is 19.3 Å². The van der Waals surface area contributed by atoms with Crippen molar-refractivity contribution in [1.82, 2.24) is 15.3 Å². The number of hydrogen-bond donors (Lipinski definition) is 2. The van der Waals surface area contributed by atoms with Crippen molar-refractivity contribution in [3.8, 4) is 23.0 Å². The molecular formula is C31H31F2N5O5. The van der Waals surface area contributed by atoms with Crippen molar-refractivity contribution < 1.29 is 32.5 Å². The summed E-state index contributed by atoms with van der Waals surface area (Å²) >= 11 is 0. The number of morpholine rings is 1. The average molecular weight is 592 g/mol. The molecule has 0 unspecified atom stereocenters. The molecule has 5 rings (SSSR count). The molecule has 2 amide bonds. The number of carbonyl (C=O) groups is 1. The number of hydrazone groups is 1. The molecule has 4 aromatic rings. The first-order valence-corrected chi connectivity index (χ1v) is 13.7. The van der Waals surface area contributed by atoms with Crippen molar-refractivity contribution in [1.29, 1.82) is 0 Å². The van der Waals surface area contributed by atoms with Crippen molar-refractivity contribution in [2.24, 2.45) is 5.10 Å². The number of carbonyl (C=O) groups excluding carboxylic acids is 1. The highest BCUT2D eigenvalue weighted by Gasteiger charge is 2.15. The molecule has 3 aromatic carbocycles. The quantitative estimate of drug-likeness (QED) is 0.133. The minimum atomic E-state index is -0.747. The second-order valence-electron chi connectivity index (χ2n) is 9.58. The van der Waals surface area contributed by atoms with E-state index in [1.807, 2.05) is 0 Å². The van der Waals surface area contributed by atoms with Crippen molar-refractivity contribution in [3.05, 3.63) is 84.1 Å². The summed E-state index contributed by atoms with van der Waals surface area (Å²) in [4.78, 5) is 18.7. The van der Waals surface area contributed by atoms with E-state index in [2.05, 4.69) is 25.7 Å². The lowest BCUT2D eigenvalue weighted by atomic mass is 10.1. The van der Waals surface area contributed by atoms with Crippen molar-refractivity contribution in [2.75, 3.05) is 51.9 Å². The van der Waals surface area contributed by atoms with Gasteiger partial charge in [-0.3, -0.25) is 9.88 Å². The topological polar surface area (TPSA) is 107 Å². The summed E-state index contributed by atoms with van der Waals surface area (Å²) in [6.45, 7) is 4.81. The van der Waals surface area contributed by atoms with Crippen LogP contribution in [0, 0.1) is 11.6 Å². The van der Waals surface area contributed by atoms with Crippen LogP contribution in [-0.4, -0.2) is 68.7 Å². The highest BCUT2D eigenvalue weighted by molar-refractivity contribution is 5.90. The predicted octanol–water partition coefficient (Wildman–Crippen LogP) is 5.57. The number of ether oxygens (including phenoxy) is 4. The number of anilines is 1.